The minimum Gasteiger partial charge on any atom is -0.253 e. The van der Waals surface area contributed by atoms with Crippen molar-refractivity contribution in [2.24, 2.45) is 0 Å². The Kier molecular flexibility index (Phi) is 2.20. The number of hydrogen-bond donors (Lipinski definition) is 0. The Labute approximate surface area is 73.9 Å². The van der Waals surface area contributed by atoms with E-state index in [2.05, 4.69) is 5.10 Å². The van der Waals surface area contributed by atoms with E-state index >= 15 is 0 Å². The van der Waals surface area contributed by atoms with Gasteiger partial charge in [-0.05, 0) is 25.4 Å². The van der Waals surface area contributed by atoms with Crippen LogP contribution < -0.4 is 0 Å². The first-order chi connectivity index (χ1) is 5.04. The Hall–Kier alpha value is -0.540. The van der Waals surface area contributed by atoms with Crippen molar-refractivity contribution in [3.05, 3.63) is 16.4 Å². The average molecular weight is 193 g/mol. The summed E-state index contributed by atoms with van der Waals surface area (Å²) in [5.41, 5.74) is 1.18. The molecule has 0 atom stereocenters. The quantitative estimate of drug-likeness (QED) is 0.592. The number of carbonyl (C=O) groups excluding carboxylic acids is 1. The van der Waals surface area contributed by atoms with Gasteiger partial charge >= 0.3 is 5.37 Å². The molecule has 1 aromatic rings. The number of hydrogen-bond acceptors (Lipinski definition) is 2. The molecule has 1 aromatic heterocycles. The monoisotopic (exact) mass is 192 g/mol. The van der Waals surface area contributed by atoms with Gasteiger partial charge in [0.15, 0.2) is 0 Å². The third-order valence-electron chi connectivity index (χ3n) is 1.37. The highest BCUT2D eigenvalue weighted by molar-refractivity contribution is 6.63. The van der Waals surface area contributed by atoms with Gasteiger partial charge in [-0.25, -0.2) is 0 Å². The van der Waals surface area contributed by atoms with Crippen molar-refractivity contribution in [2.45, 2.75) is 13.8 Å². The molecule has 0 aliphatic carbocycles. The lowest BCUT2D eigenvalue weighted by Crippen LogP contribution is -2.05. The Morgan fingerprint density at radius 3 is 2.27 bits per heavy atom. The second-order valence-electron chi connectivity index (χ2n) is 2.15. The van der Waals surface area contributed by atoms with Crippen LogP contribution in [0.1, 0.15) is 11.4 Å². The van der Waals surface area contributed by atoms with E-state index in [1.807, 2.05) is 0 Å². The molecular weight excluding hydrogens is 187 g/mol. The van der Waals surface area contributed by atoms with Gasteiger partial charge < -0.3 is 0 Å². The van der Waals surface area contributed by atoms with Crippen molar-refractivity contribution in [3.63, 3.8) is 0 Å². The zero-order valence-electron chi connectivity index (χ0n) is 6.06. The van der Waals surface area contributed by atoms with Crippen LogP contribution in [0, 0.1) is 13.8 Å². The second kappa shape index (κ2) is 2.83. The predicted octanol–water partition coefficient (Wildman–Crippen LogP) is 2.36. The SMILES string of the molecule is Cc1nn(C(=O)Cl)c(C)c1Cl. The zero-order valence-corrected chi connectivity index (χ0v) is 7.57. The first-order valence-electron chi connectivity index (χ1n) is 2.95. The van der Waals surface area contributed by atoms with E-state index in [1.54, 1.807) is 13.8 Å². The molecule has 0 fully saturated rings. The Balaban J connectivity index is 3.29. The maximum Gasteiger partial charge on any atom is 0.341 e. The fraction of sp³-hybridized carbons (Fsp3) is 0.333. The summed E-state index contributed by atoms with van der Waals surface area (Å²) in [7, 11) is 0. The number of halogens is 2. The lowest BCUT2D eigenvalue weighted by Gasteiger charge is -1.92. The van der Waals surface area contributed by atoms with Gasteiger partial charge in [-0.15, -0.1) is 0 Å². The van der Waals surface area contributed by atoms with Gasteiger partial charge in [-0.2, -0.15) is 9.78 Å². The average Bonchev–Trinajstić information content (AvgIpc) is 2.17. The molecule has 1 rings (SSSR count). The van der Waals surface area contributed by atoms with Crippen LogP contribution in [0.25, 0.3) is 0 Å². The van der Waals surface area contributed by atoms with E-state index in [9.17, 15) is 4.79 Å². The summed E-state index contributed by atoms with van der Waals surface area (Å²) >= 11 is 10.9. The summed E-state index contributed by atoms with van der Waals surface area (Å²) in [6, 6.07) is 0. The summed E-state index contributed by atoms with van der Waals surface area (Å²) in [5.74, 6) is 0. The molecule has 5 heteroatoms. The van der Waals surface area contributed by atoms with Crippen molar-refractivity contribution in [1.29, 1.82) is 0 Å². The predicted molar refractivity (Wildman–Crippen MR) is 43.4 cm³/mol. The lowest BCUT2D eigenvalue weighted by atomic mass is 10.4. The molecule has 0 saturated heterocycles. The number of carbonyl (C=O) groups is 1. The molecule has 1 heterocycles. The van der Waals surface area contributed by atoms with E-state index in [0.29, 0.717) is 16.4 Å². The van der Waals surface area contributed by atoms with Crippen LogP contribution in [-0.4, -0.2) is 15.1 Å². The third-order valence-corrected chi connectivity index (χ3v) is 2.08. The highest BCUT2D eigenvalue weighted by Crippen LogP contribution is 2.18. The van der Waals surface area contributed by atoms with E-state index in [-0.39, 0.29) is 0 Å². The molecule has 3 nitrogen and oxygen atoms in total. The summed E-state index contributed by atoms with van der Waals surface area (Å²) in [5, 5.41) is 3.66. The van der Waals surface area contributed by atoms with Crippen molar-refractivity contribution >= 4 is 28.6 Å². The normalized spacial score (nSPS) is 10.2. The van der Waals surface area contributed by atoms with Crippen LogP contribution in [0.3, 0.4) is 0 Å². The van der Waals surface area contributed by atoms with Gasteiger partial charge in [0, 0.05) is 0 Å². The van der Waals surface area contributed by atoms with E-state index in [4.69, 9.17) is 23.2 Å². The summed E-state index contributed by atoms with van der Waals surface area (Å²) < 4.78 is 1.07. The van der Waals surface area contributed by atoms with E-state index in [0.717, 1.165) is 4.68 Å². The van der Waals surface area contributed by atoms with Crippen LogP contribution in [-0.2, 0) is 0 Å². The molecule has 0 aromatic carbocycles. The standard InChI is InChI=1S/C6H6Cl2N2O/c1-3-5(7)4(2)10(9-3)6(8)11/h1-2H3. The Morgan fingerprint density at radius 1 is 1.55 bits per heavy atom. The number of nitrogens with zero attached hydrogens (tertiary/aromatic N) is 2. The Bertz CT molecular complexity index is 306. The van der Waals surface area contributed by atoms with Gasteiger partial charge in [0.2, 0.25) is 0 Å². The molecule has 0 radical (unpaired) electrons. The van der Waals surface area contributed by atoms with Crippen LogP contribution in [0.5, 0.6) is 0 Å². The van der Waals surface area contributed by atoms with Crippen LogP contribution in [0.4, 0.5) is 4.79 Å². The van der Waals surface area contributed by atoms with Crippen LogP contribution in [0.15, 0.2) is 0 Å². The zero-order chi connectivity index (χ0) is 8.59. The molecule has 60 valence electrons. The summed E-state index contributed by atoms with van der Waals surface area (Å²) in [6.07, 6.45) is 0. The fourth-order valence-corrected chi connectivity index (χ4v) is 1.08. The summed E-state index contributed by atoms with van der Waals surface area (Å²) in [4.78, 5) is 10.6. The first-order valence-corrected chi connectivity index (χ1v) is 3.71. The summed E-state index contributed by atoms with van der Waals surface area (Å²) in [6.45, 7) is 3.40. The highest BCUT2D eigenvalue weighted by atomic mass is 35.5. The van der Waals surface area contributed by atoms with E-state index < -0.39 is 5.37 Å². The topological polar surface area (TPSA) is 34.9 Å². The largest absolute Gasteiger partial charge is 0.341 e. The maximum absolute atomic E-state index is 10.6. The second-order valence-corrected chi connectivity index (χ2v) is 2.85. The molecule has 0 spiro atoms. The highest BCUT2D eigenvalue weighted by Gasteiger charge is 2.12. The minimum atomic E-state index is -0.641. The number of aryl methyl sites for hydroxylation is 1. The van der Waals surface area contributed by atoms with E-state index in [1.165, 1.54) is 0 Å². The van der Waals surface area contributed by atoms with Gasteiger partial charge in [0.05, 0.1) is 16.4 Å². The molecule has 0 aliphatic rings. The fourth-order valence-electron chi connectivity index (χ4n) is 0.795. The first kappa shape index (κ1) is 8.56. The van der Waals surface area contributed by atoms with Crippen LogP contribution in [0.2, 0.25) is 5.02 Å². The number of aromatic nitrogens is 2. The molecule has 0 unspecified atom stereocenters. The lowest BCUT2D eigenvalue weighted by molar-refractivity contribution is 0.258. The Morgan fingerprint density at radius 2 is 2.09 bits per heavy atom. The van der Waals surface area contributed by atoms with Crippen molar-refractivity contribution < 1.29 is 4.79 Å². The van der Waals surface area contributed by atoms with Gasteiger partial charge in [-0.1, -0.05) is 11.6 Å². The van der Waals surface area contributed by atoms with Gasteiger partial charge in [-0.3, -0.25) is 4.79 Å². The third kappa shape index (κ3) is 1.39. The minimum absolute atomic E-state index is 0.485. The van der Waals surface area contributed by atoms with Crippen molar-refractivity contribution in [2.75, 3.05) is 0 Å². The molecule has 0 amide bonds. The smallest absolute Gasteiger partial charge is 0.253 e. The van der Waals surface area contributed by atoms with Crippen LogP contribution >= 0.6 is 23.2 Å². The molecule has 0 saturated carbocycles. The van der Waals surface area contributed by atoms with Gasteiger partial charge in [0.1, 0.15) is 0 Å². The van der Waals surface area contributed by atoms with Crippen molar-refractivity contribution in [3.8, 4) is 0 Å². The van der Waals surface area contributed by atoms with Gasteiger partial charge in [0.25, 0.3) is 0 Å². The molecule has 0 N–H and O–H groups in total. The molecule has 0 aliphatic heterocycles. The maximum atomic E-state index is 10.6. The molecule has 0 bridgehead atoms. The molecular formula is C6H6Cl2N2O. The number of rotatable bonds is 0. The molecule has 11 heavy (non-hydrogen) atoms. The van der Waals surface area contributed by atoms with Crippen molar-refractivity contribution in [1.82, 2.24) is 9.78 Å².